The molecule has 1 aromatic heterocycles. The topological polar surface area (TPSA) is 82.9 Å². The predicted molar refractivity (Wildman–Crippen MR) is 71.4 cm³/mol. The molecule has 0 atom stereocenters. The number of ether oxygens (including phenoxy) is 1. The maximum atomic E-state index is 10.8. The van der Waals surface area contributed by atoms with Crippen LogP contribution < -0.4 is 4.74 Å². The van der Waals surface area contributed by atoms with Crippen molar-refractivity contribution in [3.63, 3.8) is 0 Å². The summed E-state index contributed by atoms with van der Waals surface area (Å²) >= 11 is 0. The number of methoxy groups -OCH3 is 1. The van der Waals surface area contributed by atoms with Crippen molar-refractivity contribution in [3.05, 3.63) is 23.9 Å². The largest absolute Gasteiger partial charge is 0.481 e. The fourth-order valence-corrected chi connectivity index (χ4v) is 1.96. The van der Waals surface area contributed by atoms with Crippen LogP contribution in [0.4, 0.5) is 4.79 Å². The van der Waals surface area contributed by atoms with Gasteiger partial charge in [0.2, 0.25) is 5.88 Å². The number of hydrogen-bond acceptors (Lipinski definition) is 4. The lowest BCUT2D eigenvalue weighted by molar-refractivity contribution is 0.0296. The maximum Gasteiger partial charge on any atom is 0.407 e. The maximum absolute atomic E-state index is 10.8. The van der Waals surface area contributed by atoms with Crippen LogP contribution in [0.15, 0.2) is 18.3 Å². The summed E-state index contributed by atoms with van der Waals surface area (Å²) in [5.74, 6) is 6.19. The van der Waals surface area contributed by atoms with E-state index in [0.29, 0.717) is 37.4 Å². The van der Waals surface area contributed by atoms with Gasteiger partial charge in [0.15, 0.2) is 0 Å². The molecule has 6 heteroatoms. The van der Waals surface area contributed by atoms with Crippen molar-refractivity contribution >= 4 is 6.09 Å². The average Bonchev–Trinajstić information content (AvgIpc) is 2.46. The number of piperidine rings is 1. The fourth-order valence-electron chi connectivity index (χ4n) is 1.96. The van der Waals surface area contributed by atoms with E-state index >= 15 is 0 Å². The standard InChI is InChI=1S/C14H16N2O4/c1-20-12-3-2-11(10-15-12)4-5-14(19)6-8-16(9-7-14)13(17)18/h2-3,10,19H,6-9H2,1H3,(H,17,18). The van der Waals surface area contributed by atoms with E-state index < -0.39 is 11.7 Å². The Kier molecular flexibility index (Phi) is 4.11. The molecule has 6 nitrogen and oxygen atoms in total. The Hall–Kier alpha value is -2.26. The fraction of sp³-hybridized carbons (Fsp3) is 0.429. The van der Waals surface area contributed by atoms with Crippen molar-refractivity contribution in [2.45, 2.75) is 18.4 Å². The van der Waals surface area contributed by atoms with Gasteiger partial charge in [-0.1, -0.05) is 11.8 Å². The Labute approximate surface area is 117 Å². The molecule has 0 radical (unpaired) electrons. The van der Waals surface area contributed by atoms with Crippen molar-refractivity contribution in [2.24, 2.45) is 0 Å². The van der Waals surface area contributed by atoms with Crippen LogP contribution in [0.2, 0.25) is 0 Å². The van der Waals surface area contributed by atoms with Crippen LogP contribution >= 0.6 is 0 Å². The van der Waals surface area contributed by atoms with Crippen LogP contribution in [0.1, 0.15) is 18.4 Å². The number of carboxylic acid groups (broad SMARTS) is 1. The van der Waals surface area contributed by atoms with Gasteiger partial charge >= 0.3 is 6.09 Å². The molecule has 0 aliphatic carbocycles. The third-order valence-electron chi connectivity index (χ3n) is 3.25. The van der Waals surface area contributed by atoms with E-state index in [1.165, 1.54) is 12.0 Å². The molecule has 2 N–H and O–H groups in total. The molecule has 0 unspecified atom stereocenters. The molecule has 1 fully saturated rings. The summed E-state index contributed by atoms with van der Waals surface area (Å²) in [6, 6.07) is 3.45. The van der Waals surface area contributed by atoms with Crippen molar-refractivity contribution in [1.29, 1.82) is 0 Å². The molecule has 20 heavy (non-hydrogen) atoms. The van der Waals surface area contributed by atoms with Crippen LogP contribution in [0, 0.1) is 11.8 Å². The molecular formula is C14H16N2O4. The minimum Gasteiger partial charge on any atom is -0.481 e. The number of carbonyl (C=O) groups is 1. The third kappa shape index (κ3) is 3.39. The Morgan fingerprint density at radius 3 is 2.65 bits per heavy atom. The molecule has 1 amide bonds. The number of aliphatic hydroxyl groups is 1. The third-order valence-corrected chi connectivity index (χ3v) is 3.25. The molecule has 0 bridgehead atoms. The first-order valence-electron chi connectivity index (χ1n) is 6.26. The SMILES string of the molecule is COc1ccc(C#CC2(O)CCN(C(=O)O)CC2)cn1. The minimum absolute atomic E-state index is 0.293. The average molecular weight is 276 g/mol. The van der Waals surface area contributed by atoms with Gasteiger partial charge in [-0.15, -0.1) is 0 Å². The normalized spacial score (nSPS) is 17.0. The second-order valence-electron chi connectivity index (χ2n) is 4.64. The highest BCUT2D eigenvalue weighted by atomic mass is 16.5. The van der Waals surface area contributed by atoms with Crippen LogP contribution in [-0.2, 0) is 0 Å². The monoisotopic (exact) mass is 276 g/mol. The first kappa shape index (κ1) is 14.2. The van der Waals surface area contributed by atoms with E-state index in [1.807, 2.05) is 0 Å². The molecule has 2 heterocycles. The highest BCUT2D eigenvalue weighted by molar-refractivity contribution is 5.65. The number of pyridine rings is 1. The molecule has 2 rings (SSSR count). The van der Waals surface area contributed by atoms with Crippen LogP contribution in [0.3, 0.4) is 0 Å². The van der Waals surface area contributed by atoms with E-state index in [9.17, 15) is 9.90 Å². The van der Waals surface area contributed by atoms with Crippen molar-refractivity contribution in [1.82, 2.24) is 9.88 Å². The molecule has 1 saturated heterocycles. The zero-order valence-corrected chi connectivity index (χ0v) is 11.2. The highest BCUT2D eigenvalue weighted by Crippen LogP contribution is 2.21. The van der Waals surface area contributed by atoms with Gasteiger partial charge in [-0.2, -0.15) is 0 Å². The number of amides is 1. The number of nitrogens with zero attached hydrogens (tertiary/aromatic N) is 2. The quantitative estimate of drug-likeness (QED) is 0.746. The molecular weight excluding hydrogens is 260 g/mol. The second-order valence-corrected chi connectivity index (χ2v) is 4.64. The van der Waals surface area contributed by atoms with Gasteiger partial charge < -0.3 is 19.8 Å². The van der Waals surface area contributed by atoms with Crippen LogP contribution in [-0.4, -0.2) is 52.0 Å². The van der Waals surface area contributed by atoms with E-state index in [-0.39, 0.29) is 0 Å². The number of rotatable bonds is 1. The summed E-state index contributed by atoms with van der Waals surface area (Å²) in [7, 11) is 1.53. The molecule has 0 saturated carbocycles. The molecule has 1 aliphatic heterocycles. The van der Waals surface area contributed by atoms with Gasteiger partial charge in [-0.25, -0.2) is 9.78 Å². The van der Waals surface area contributed by atoms with E-state index in [1.54, 1.807) is 18.3 Å². The van der Waals surface area contributed by atoms with Gasteiger partial charge in [0.1, 0.15) is 5.60 Å². The summed E-state index contributed by atoms with van der Waals surface area (Å²) in [5, 5.41) is 19.1. The molecule has 1 aromatic rings. The predicted octanol–water partition coefficient (Wildman–Crippen LogP) is 0.947. The summed E-state index contributed by atoms with van der Waals surface area (Å²) in [6.07, 6.45) is 1.24. The molecule has 106 valence electrons. The van der Waals surface area contributed by atoms with Crippen molar-refractivity contribution < 1.29 is 19.7 Å². The summed E-state index contributed by atoms with van der Waals surface area (Å²) in [4.78, 5) is 16.1. The first-order chi connectivity index (χ1) is 9.52. The summed E-state index contributed by atoms with van der Waals surface area (Å²) in [5.41, 5.74) is -0.453. The lowest BCUT2D eigenvalue weighted by Gasteiger charge is -2.33. The Morgan fingerprint density at radius 1 is 1.45 bits per heavy atom. The molecule has 0 spiro atoms. The zero-order chi connectivity index (χ0) is 14.6. The van der Waals surface area contributed by atoms with Gasteiger partial charge in [0.05, 0.1) is 7.11 Å². The van der Waals surface area contributed by atoms with Crippen molar-refractivity contribution in [2.75, 3.05) is 20.2 Å². The number of likely N-dealkylation sites (tertiary alicyclic amines) is 1. The minimum atomic E-state index is -1.13. The zero-order valence-electron chi connectivity index (χ0n) is 11.2. The van der Waals surface area contributed by atoms with Gasteiger partial charge in [0.25, 0.3) is 0 Å². The molecule has 0 aromatic carbocycles. The van der Waals surface area contributed by atoms with Gasteiger partial charge in [-0.05, 0) is 6.07 Å². The van der Waals surface area contributed by atoms with E-state index in [4.69, 9.17) is 9.84 Å². The van der Waals surface area contributed by atoms with Gasteiger partial charge in [-0.3, -0.25) is 0 Å². The second kappa shape index (κ2) is 5.80. The first-order valence-corrected chi connectivity index (χ1v) is 6.26. The Morgan fingerprint density at radius 2 is 2.15 bits per heavy atom. The van der Waals surface area contributed by atoms with Crippen LogP contribution in [0.5, 0.6) is 5.88 Å². The van der Waals surface area contributed by atoms with Crippen LogP contribution in [0.25, 0.3) is 0 Å². The number of aromatic nitrogens is 1. The highest BCUT2D eigenvalue weighted by Gasteiger charge is 2.32. The molecule has 1 aliphatic rings. The lowest BCUT2D eigenvalue weighted by atomic mass is 9.92. The van der Waals surface area contributed by atoms with E-state index in [2.05, 4.69) is 16.8 Å². The van der Waals surface area contributed by atoms with Crippen molar-refractivity contribution in [3.8, 4) is 17.7 Å². The lowest BCUT2D eigenvalue weighted by Crippen LogP contribution is -2.45. The summed E-state index contributed by atoms with van der Waals surface area (Å²) < 4.78 is 4.95. The van der Waals surface area contributed by atoms with E-state index in [0.717, 1.165) is 0 Å². The number of hydrogen-bond donors (Lipinski definition) is 2. The summed E-state index contributed by atoms with van der Waals surface area (Å²) in [6.45, 7) is 0.586. The smallest absolute Gasteiger partial charge is 0.407 e. The Bertz CT molecular complexity index is 537. The van der Waals surface area contributed by atoms with Gasteiger partial charge in [0, 0.05) is 43.8 Å². The Balaban J connectivity index is 2.02.